The Kier molecular flexibility index (Phi) is 5.54. The first-order valence-electron chi connectivity index (χ1n) is 8.89. The summed E-state index contributed by atoms with van der Waals surface area (Å²) in [6.45, 7) is 7.12. The lowest BCUT2D eigenvalue weighted by Gasteiger charge is -2.22. The fourth-order valence-corrected chi connectivity index (χ4v) is 2.84. The van der Waals surface area contributed by atoms with E-state index >= 15 is 0 Å². The fourth-order valence-electron chi connectivity index (χ4n) is 2.84. The molecule has 3 rings (SSSR count). The van der Waals surface area contributed by atoms with Crippen LogP contribution in [0.2, 0.25) is 0 Å². The largest absolute Gasteiger partial charge is 0.496 e. The van der Waals surface area contributed by atoms with Gasteiger partial charge in [0.05, 0.1) is 13.3 Å². The predicted octanol–water partition coefficient (Wildman–Crippen LogP) is 4.53. The smallest absolute Gasteiger partial charge is 0.249 e. The van der Waals surface area contributed by atoms with Crippen LogP contribution in [0.25, 0.3) is 0 Å². The molecule has 140 valence electrons. The third-order valence-corrected chi connectivity index (χ3v) is 4.19. The first kappa shape index (κ1) is 18.6. The molecule has 2 N–H and O–H groups in total. The van der Waals surface area contributed by atoms with Crippen LogP contribution in [0.1, 0.15) is 31.9 Å². The molecule has 0 saturated carbocycles. The second-order valence-corrected chi connectivity index (χ2v) is 7.25. The van der Waals surface area contributed by atoms with E-state index in [-0.39, 0.29) is 5.41 Å². The fraction of sp³-hybridized carbons (Fsp3) is 0.286. The van der Waals surface area contributed by atoms with E-state index in [1.165, 1.54) is 5.56 Å². The van der Waals surface area contributed by atoms with Gasteiger partial charge in [-0.15, -0.1) is 5.10 Å². The van der Waals surface area contributed by atoms with E-state index in [4.69, 9.17) is 4.74 Å². The number of anilines is 3. The highest BCUT2D eigenvalue weighted by atomic mass is 16.5. The topological polar surface area (TPSA) is 72.0 Å². The Morgan fingerprint density at radius 2 is 1.74 bits per heavy atom. The maximum atomic E-state index is 5.38. The number of benzene rings is 2. The first-order chi connectivity index (χ1) is 13.0. The number of nitrogens with zero attached hydrogens (tertiary/aromatic N) is 3. The van der Waals surface area contributed by atoms with Crippen LogP contribution in [0.5, 0.6) is 5.75 Å². The summed E-state index contributed by atoms with van der Waals surface area (Å²) in [6.07, 6.45) is 1.61. The molecule has 0 radical (unpaired) electrons. The summed E-state index contributed by atoms with van der Waals surface area (Å²) in [5.41, 5.74) is 3.23. The van der Waals surface area contributed by atoms with Crippen LogP contribution < -0.4 is 15.4 Å². The van der Waals surface area contributed by atoms with Crippen molar-refractivity contribution in [3.8, 4) is 5.75 Å². The van der Waals surface area contributed by atoms with Gasteiger partial charge in [0.25, 0.3) is 0 Å². The molecule has 0 aliphatic rings. The molecule has 27 heavy (non-hydrogen) atoms. The van der Waals surface area contributed by atoms with Gasteiger partial charge in [-0.2, -0.15) is 10.1 Å². The Hall–Kier alpha value is -3.15. The van der Waals surface area contributed by atoms with Crippen molar-refractivity contribution in [2.75, 3.05) is 17.7 Å². The molecule has 0 amide bonds. The number of rotatable bonds is 6. The molecular formula is C21H25N5O. The monoisotopic (exact) mass is 363 g/mol. The van der Waals surface area contributed by atoms with E-state index in [0.29, 0.717) is 18.3 Å². The van der Waals surface area contributed by atoms with Gasteiger partial charge in [0.2, 0.25) is 5.95 Å². The summed E-state index contributed by atoms with van der Waals surface area (Å²) in [5, 5.41) is 14.7. The molecule has 0 fully saturated rings. The summed E-state index contributed by atoms with van der Waals surface area (Å²) in [6, 6.07) is 16.0. The summed E-state index contributed by atoms with van der Waals surface area (Å²) in [7, 11) is 1.67. The van der Waals surface area contributed by atoms with E-state index < -0.39 is 0 Å². The van der Waals surface area contributed by atoms with Crippen molar-refractivity contribution in [2.45, 2.75) is 32.7 Å². The zero-order valence-corrected chi connectivity index (χ0v) is 16.2. The van der Waals surface area contributed by atoms with E-state index in [2.05, 4.69) is 52.7 Å². The number of para-hydroxylation sites is 2. The van der Waals surface area contributed by atoms with Crippen molar-refractivity contribution in [2.24, 2.45) is 0 Å². The van der Waals surface area contributed by atoms with Gasteiger partial charge in [0, 0.05) is 17.8 Å². The molecule has 3 aromatic rings. The Morgan fingerprint density at radius 1 is 1.00 bits per heavy atom. The van der Waals surface area contributed by atoms with Gasteiger partial charge in [-0.1, -0.05) is 57.2 Å². The summed E-state index contributed by atoms with van der Waals surface area (Å²) >= 11 is 0. The van der Waals surface area contributed by atoms with E-state index in [9.17, 15) is 0 Å². The van der Waals surface area contributed by atoms with Gasteiger partial charge in [-0.3, -0.25) is 0 Å². The van der Waals surface area contributed by atoms with Gasteiger partial charge in [-0.05, 0) is 23.1 Å². The summed E-state index contributed by atoms with van der Waals surface area (Å²) in [4.78, 5) is 4.53. The highest BCUT2D eigenvalue weighted by Gasteiger charge is 2.18. The van der Waals surface area contributed by atoms with E-state index in [1.807, 2.05) is 42.5 Å². The molecule has 0 aliphatic carbocycles. The Bertz CT molecular complexity index is 905. The minimum Gasteiger partial charge on any atom is -0.496 e. The quantitative estimate of drug-likeness (QED) is 0.670. The van der Waals surface area contributed by atoms with E-state index in [1.54, 1.807) is 13.3 Å². The molecule has 6 heteroatoms. The summed E-state index contributed by atoms with van der Waals surface area (Å²) < 4.78 is 5.38. The van der Waals surface area contributed by atoms with Crippen LogP contribution in [-0.2, 0) is 12.0 Å². The Balaban J connectivity index is 1.75. The minimum absolute atomic E-state index is 0.0107. The zero-order chi connectivity index (χ0) is 19.3. The third kappa shape index (κ3) is 4.73. The minimum atomic E-state index is 0.0107. The number of nitrogens with one attached hydrogen (secondary N) is 2. The van der Waals surface area contributed by atoms with Crippen LogP contribution >= 0.6 is 0 Å². The third-order valence-electron chi connectivity index (χ3n) is 4.19. The molecule has 0 atom stereocenters. The average molecular weight is 363 g/mol. The van der Waals surface area contributed by atoms with Crippen molar-refractivity contribution < 1.29 is 4.74 Å². The number of ether oxygens (including phenoxy) is 1. The molecule has 0 aliphatic heterocycles. The Morgan fingerprint density at radius 3 is 2.52 bits per heavy atom. The highest BCUT2D eigenvalue weighted by molar-refractivity contribution is 5.61. The van der Waals surface area contributed by atoms with Crippen LogP contribution in [-0.4, -0.2) is 22.3 Å². The Labute approximate surface area is 160 Å². The van der Waals surface area contributed by atoms with Crippen molar-refractivity contribution >= 4 is 17.5 Å². The average Bonchev–Trinajstić information content (AvgIpc) is 2.66. The van der Waals surface area contributed by atoms with Crippen LogP contribution in [0.4, 0.5) is 17.5 Å². The highest BCUT2D eigenvalue weighted by Crippen LogP contribution is 2.30. The lowest BCUT2D eigenvalue weighted by Crippen LogP contribution is -2.14. The predicted molar refractivity (Wildman–Crippen MR) is 109 cm³/mol. The second kappa shape index (κ2) is 8.03. The number of hydrogen-bond acceptors (Lipinski definition) is 6. The molecule has 1 aromatic heterocycles. The maximum Gasteiger partial charge on any atom is 0.249 e. The van der Waals surface area contributed by atoms with Gasteiger partial charge < -0.3 is 15.4 Å². The van der Waals surface area contributed by atoms with Crippen molar-refractivity contribution in [1.29, 1.82) is 0 Å². The number of hydrogen-bond donors (Lipinski definition) is 2. The second-order valence-electron chi connectivity index (χ2n) is 7.25. The zero-order valence-electron chi connectivity index (χ0n) is 16.2. The molecule has 2 aromatic carbocycles. The molecule has 6 nitrogen and oxygen atoms in total. The molecule has 1 heterocycles. The van der Waals surface area contributed by atoms with Gasteiger partial charge in [-0.25, -0.2) is 0 Å². The van der Waals surface area contributed by atoms with Crippen molar-refractivity contribution in [1.82, 2.24) is 15.2 Å². The maximum absolute atomic E-state index is 5.38. The normalized spacial score (nSPS) is 11.1. The van der Waals surface area contributed by atoms with Crippen molar-refractivity contribution in [3.63, 3.8) is 0 Å². The molecule has 0 saturated heterocycles. The van der Waals surface area contributed by atoms with Gasteiger partial charge >= 0.3 is 0 Å². The summed E-state index contributed by atoms with van der Waals surface area (Å²) in [5.74, 6) is 1.94. The number of methoxy groups -OCH3 is 1. The van der Waals surface area contributed by atoms with Gasteiger partial charge in [0.15, 0.2) is 5.82 Å². The lowest BCUT2D eigenvalue weighted by atomic mass is 9.86. The van der Waals surface area contributed by atoms with E-state index in [0.717, 1.165) is 17.0 Å². The van der Waals surface area contributed by atoms with Crippen molar-refractivity contribution in [3.05, 3.63) is 65.9 Å². The van der Waals surface area contributed by atoms with Crippen LogP contribution in [0, 0.1) is 0 Å². The SMILES string of the molecule is COc1ccccc1CNc1cnnc(Nc2ccccc2C(C)(C)C)n1. The van der Waals surface area contributed by atoms with Crippen LogP contribution in [0.15, 0.2) is 54.7 Å². The van der Waals surface area contributed by atoms with Gasteiger partial charge in [0.1, 0.15) is 5.75 Å². The molecule has 0 spiro atoms. The van der Waals surface area contributed by atoms with Crippen LogP contribution in [0.3, 0.4) is 0 Å². The lowest BCUT2D eigenvalue weighted by molar-refractivity contribution is 0.410. The number of aromatic nitrogens is 3. The first-order valence-corrected chi connectivity index (χ1v) is 8.89. The molecule has 0 bridgehead atoms. The molecule has 0 unspecified atom stereocenters. The molecular weight excluding hydrogens is 338 g/mol. The standard InChI is InChI=1S/C21H25N5O/c1-21(2,3)16-10-6-7-11-17(16)24-20-25-19(14-23-26-20)22-13-15-9-5-8-12-18(15)27-4/h5-12,14H,13H2,1-4H3,(H2,22,24,25,26).